The van der Waals surface area contributed by atoms with Crippen LogP contribution in [0.25, 0.3) is 22.3 Å². The van der Waals surface area contributed by atoms with Gasteiger partial charge in [-0.2, -0.15) is 0 Å². The van der Waals surface area contributed by atoms with Gasteiger partial charge in [-0.25, -0.2) is 0 Å². The number of aromatic amines is 1. The first-order chi connectivity index (χ1) is 16.1. The molecule has 0 saturated carbocycles. The minimum atomic E-state index is -0.0627. The van der Waals surface area contributed by atoms with Gasteiger partial charge in [0.15, 0.2) is 11.0 Å². The van der Waals surface area contributed by atoms with E-state index >= 15 is 0 Å². The van der Waals surface area contributed by atoms with E-state index in [1.54, 1.807) is 0 Å². The molecule has 1 amide bonds. The van der Waals surface area contributed by atoms with Crippen LogP contribution in [-0.4, -0.2) is 44.1 Å². The molecule has 2 aromatic heterocycles. The minimum absolute atomic E-state index is 0.0627. The number of para-hydroxylation sites is 1. The van der Waals surface area contributed by atoms with E-state index in [1.165, 1.54) is 17.3 Å². The largest absolute Gasteiger partial charge is 0.376 e. The number of amides is 1. The number of hydrogen-bond acceptors (Lipinski definition) is 5. The molecule has 2 N–H and O–H groups in total. The molecule has 1 saturated heterocycles. The zero-order chi connectivity index (χ0) is 22.8. The summed E-state index contributed by atoms with van der Waals surface area (Å²) < 4.78 is 7.99. The highest BCUT2D eigenvalue weighted by Gasteiger charge is 2.23. The fourth-order valence-corrected chi connectivity index (χ4v) is 5.03. The molecule has 33 heavy (non-hydrogen) atoms. The van der Waals surface area contributed by atoms with E-state index < -0.39 is 0 Å². The van der Waals surface area contributed by atoms with Gasteiger partial charge < -0.3 is 15.0 Å². The lowest BCUT2D eigenvalue weighted by atomic mass is 10.1. The highest BCUT2D eigenvalue weighted by Crippen LogP contribution is 2.31. The minimum Gasteiger partial charge on any atom is -0.376 e. The van der Waals surface area contributed by atoms with Crippen molar-refractivity contribution in [3.05, 3.63) is 59.8 Å². The summed E-state index contributed by atoms with van der Waals surface area (Å²) >= 11 is 1.40. The SMILES string of the molecule is Cc1ccc(NC(=O)CSc2nnc(-c3c[nH]c4ccccc34)n2CC2CCCO2)c(C)c1. The van der Waals surface area contributed by atoms with E-state index in [-0.39, 0.29) is 17.8 Å². The van der Waals surface area contributed by atoms with Gasteiger partial charge >= 0.3 is 0 Å². The van der Waals surface area contributed by atoms with Crippen molar-refractivity contribution in [3.8, 4) is 11.4 Å². The number of fused-ring (bicyclic) bond motifs is 1. The number of benzene rings is 2. The maximum Gasteiger partial charge on any atom is 0.234 e. The Labute approximate surface area is 196 Å². The van der Waals surface area contributed by atoms with Crippen LogP contribution >= 0.6 is 11.8 Å². The monoisotopic (exact) mass is 461 g/mol. The lowest BCUT2D eigenvalue weighted by Gasteiger charge is -2.14. The zero-order valence-corrected chi connectivity index (χ0v) is 19.6. The van der Waals surface area contributed by atoms with Crippen LogP contribution in [0.1, 0.15) is 24.0 Å². The van der Waals surface area contributed by atoms with Gasteiger partial charge in [0.25, 0.3) is 0 Å². The van der Waals surface area contributed by atoms with Crippen LogP contribution in [0.4, 0.5) is 5.69 Å². The number of H-pyrrole nitrogens is 1. The Balaban J connectivity index is 1.38. The van der Waals surface area contributed by atoms with Crippen LogP contribution in [0.2, 0.25) is 0 Å². The molecule has 0 bridgehead atoms. The second-order valence-corrected chi connectivity index (χ2v) is 9.40. The first kappa shape index (κ1) is 21.7. The molecule has 8 heteroatoms. The molecule has 1 unspecified atom stereocenters. The molecule has 0 aliphatic carbocycles. The number of ether oxygens (including phenoxy) is 1. The van der Waals surface area contributed by atoms with Crippen molar-refractivity contribution in [2.75, 3.05) is 17.7 Å². The summed E-state index contributed by atoms with van der Waals surface area (Å²) in [5.74, 6) is 0.984. The van der Waals surface area contributed by atoms with Gasteiger partial charge in [-0.1, -0.05) is 47.7 Å². The highest BCUT2D eigenvalue weighted by molar-refractivity contribution is 7.99. The predicted molar refractivity (Wildman–Crippen MR) is 132 cm³/mol. The number of thioether (sulfide) groups is 1. The molecular formula is C25H27N5O2S. The summed E-state index contributed by atoms with van der Waals surface area (Å²) in [6.45, 7) is 5.50. The van der Waals surface area contributed by atoms with E-state index in [0.717, 1.165) is 58.1 Å². The standard InChI is InChI=1S/C25H27N5O2S/c1-16-9-10-21(17(2)12-16)27-23(31)15-33-25-29-28-24(30(25)14-18-6-5-11-32-18)20-13-26-22-8-4-3-7-19(20)22/h3-4,7-10,12-13,18,26H,5-6,11,14-15H2,1-2H3,(H,27,31). The quantitative estimate of drug-likeness (QED) is 0.380. The van der Waals surface area contributed by atoms with Crippen LogP contribution in [0.15, 0.2) is 53.8 Å². The van der Waals surface area contributed by atoms with E-state index in [9.17, 15) is 4.79 Å². The first-order valence-electron chi connectivity index (χ1n) is 11.2. The summed E-state index contributed by atoms with van der Waals surface area (Å²) in [6, 6.07) is 14.2. The summed E-state index contributed by atoms with van der Waals surface area (Å²) in [5, 5.41) is 13.8. The second kappa shape index (κ2) is 9.41. The zero-order valence-electron chi connectivity index (χ0n) is 18.8. The lowest BCUT2D eigenvalue weighted by Crippen LogP contribution is -2.18. The number of rotatable bonds is 7. The van der Waals surface area contributed by atoms with Crippen LogP contribution in [0.3, 0.4) is 0 Å². The molecule has 3 heterocycles. The Morgan fingerprint density at radius 1 is 1.24 bits per heavy atom. The van der Waals surface area contributed by atoms with Crippen LogP contribution < -0.4 is 5.32 Å². The number of nitrogens with one attached hydrogen (secondary N) is 2. The molecule has 4 aromatic rings. The van der Waals surface area contributed by atoms with Crippen LogP contribution in [0.5, 0.6) is 0 Å². The van der Waals surface area contributed by atoms with Crippen molar-refractivity contribution < 1.29 is 9.53 Å². The van der Waals surface area contributed by atoms with E-state index in [0.29, 0.717) is 6.54 Å². The molecule has 170 valence electrons. The Morgan fingerprint density at radius 3 is 2.94 bits per heavy atom. The number of nitrogens with zero attached hydrogens (tertiary/aromatic N) is 3. The van der Waals surface area contributed by atoms with Gasteiger partial charge in [-0.05, 0) is 44.4 Å². The maximum atomic E-state index is 12.7. The third kappa shape index (κ3) is 4.67. The molecule has 2 aromatic carbocycles. The number of carbonyl (C=O) groups is 1. The van der Waals surface area contributed by atoms with Crippen molar-refractivity contribution in [2.24, 2.45) is 0 Å². The average molecular weight is 462 g/mol. The summed E-state index contributed by atoms with van der Waals surface area (Å²) in [6.07, 6.45) is 4.19. The van der Waals surface area contributed by atoms with Crippen LogP contribution in [0, 0.1) is 13.8 Å². The number of anilines is 1. The fourth-order valence-electron chi connectivity index (χ4n) is 4.28. The first-order valence-corrected chi connectivity index (χ1v) is 12.2. The normalized spacial score (nSPS) is 15.9. The molecule has 1 fully saturated rings. The lowest BCUT2D eigenvalue weighted by molar-refractivity contribution is -0.113. The Kier molecular flexibility index (Phi) is 6.20. The highest BCUT2D eigenvalue weighted by atomic mass is 32.2. The second-order valence-electron chi connectivity index (χ2n) is 8.45. The molecule has 1 atom stereocenters. The third-order valence-electron chi connectivity index (χ3n) is 5.95. The van der Waals surface area contributed by atoms with E-state index in [1.807, 2.05) is 50.4 Å². The van der Waals surface area contributed by atoms with Crippen molar-refractivity contribution in [1.82, 2.24) is 19.7 Å². The smallest absolute Gasteiger partial charge is 0.234 e. The number of hydrogen-bond donors (Lipinski definition) is 2. The van der Waals surface area contributed by atoms with Crippen LogP contribution in [-0.2, 0) is 16.1 Å². The van der Waals surface area contributed by atoms with Crippen molar-refractivity contribution in [2.45, 2.75) is 44.5 Å². The number of aryl methyl sites for hydroxylation is 2. The van der Waals surface area contributed by atoms with Crippen molar-refractivity contribution >= 4 is 34.3 Å². The van der Waals surface area contributed by atoms with Crippen molar-refractivity contribution in [3.63, 3.8) is 0 Å². The molecule has 0 spiro atoms. The van der Waals surface area contributed by atoms with E-state index in [2.05, 4.69) is 37.2 Å². The molecule has 1 aliphatic rings. The Morgan fingerprint density at radius 2 is 2.12 bits per heavy atom. The number of aromatic nitrogens is 4. The van der Waals surface area contributed by atoms with Gasteiger partial charge in [0.1, 0.15) is 0 Å². The topological polar surface area (TPSA) is 84.8 Å². The molecule has 7 nitrogen and oxygen atoms in total. The molecule has 1 aliphatic heterocycles. The van der Waals surface area contributed by atoms with Gasteiger partial charge in [0, 0.05) is 35.0 Å². The van der Waals surface area contributed by atoms with Gasteiger partial charge in [-0.15, -0.1) is 10.2 Å². The van der Waals surface area contributed by atoms with E-state index in [4.69, 9.17) is 4.74 Å². The van der Waals surface area contributed by atoms with Crippen molar-refractivity contribution in [1.29, 1.82) is 0 Å². The third-order valence-corrected chi connectivity index (χ3v) is 6.91. The molecule has 5 rings (SSSR count). The Hall–Kier alpha value is -3.10. The summed E-state index contributed by atoms with van der Waals surface area (Å²) in [7, 11) is 0. The van der Waals surface area contributed by atoms with Gasteiger partial charge in [0.2, 0.25) is 5.91 Å². The Bertz CT molecular complexity index is 1290. The maximum absolute atomic E-state index is 12.7. The molecule has 0 radical (unpaired) electrons. The van der Waals surface area contributed by atoms with Gasteiger partial charge in [-0.3, -0.25) is 9.36 Å². The predicted octanol–water partition coefficient (Wildman–Crippen LogP) is 4.95. The fraction of sp³-hybridized carbons (Fsp3) is 0.320. The van der Waals surface area contributed by atoms with Gasteiger partial charge in [0.05, 0.1) is 18.4 Å². The number of carbonyl (C=O) groups excluding carboxylic acids is 1. The average Bonchev–Trinajstić information content (AvgIpc) is 3.55. The summed E-state index contributed by atoms with van der Waals surface area (Å²) in [4.78, 5) is 16.0. The summed E-state index contributed by atoms with van der Waals surface area (Å²) in [5.41, 5.74) is 5.12. The molecular weight excluding hydrogens is 434 g/mol.